The molecule has 0 amide bonds. The van der Waals surface area contributed by atoms with Gasteiger partial charge in [0.15, 0.2) is 0 Å². The van der Waals surface area contributed by atoms with Gasteiger partial charge in [0.05, 0.1) is 0 Å². The summed E-state index contributed by atoms with van der Waals surface area (Å²) in [6.07, 6.45) is 0. The molecule has 0 rings (SSSR count). The van der Waals surface area contributed by atoms with Gasteiger partial charge in [-0.25, -0.2) is 0 Å². The van der Waals surface area contributed by atoms with Crippen molar-refractivity contribution in [3.8, 4) is 0 Å². The van der Waals surface area contributed by atoms with Crippen LogP contribution in [0.5, 0.6) is 0 Å². The number of hydrogen-bond donors (Lipinski definition) is 0. The number of hydrogen-bond acceptors (Lipinski definition) is 6. The molecule has 0 bridgehead atoms. The molecule has 0 fully saturated rings. The van der Waals surface area contributed by atoms with Gasteiger partial charge in [0.1, 0.15) is 0 Å². The van der Waals surface area contributed by atoms with Crippen molar-refractivity contribution >= 4 is 22.7 Å². The minimum Gasteiger partial charge on any atom is -0.784 e. The van der Waals surface area contributed by atoms with Crippen molar-refractivity contribution in [3.05, 3.63) is 0 Å². The molecule has 0 heterocycles. The average molecular weight is 474 g/mol. The van der Waals surface area contributed by atoms with Crippen LogP contribution in [0.1, 0.15) is 0 Å². The molecule has 0 saturated carbocycles. The van der Waals surface area contributed by atoms with Crippen molar-refractivity contribution < 1.29 is 203 Å². The maximum absolute atomic E-state index is 8.44. The van der Waals surface area contributed by atoms with Crippen molar-refractivity contribution in [2.75, 3.05) is 0 Å². The molecule has 0 unspecified atom stereocenters. The minimum absolute atomic E-state index is 0. The molecule has 0 aromatic carbocycles. The van der Waals surface area contributed by atoms with Crippen LogP contribution in [0.2, 0.25) is 0 Å². The van der Waals surface area contributed by atoms with Crippen LogP contribution in [0, 0.1) is 0 Å². The van der Waals surface area contributed by atoms with Crippen molar-refractivity contribution in [2.24, 2.45) is 0 Å². The quantitative estimate of drug-likeness (QED) is 0.254. The first kappa shape index (κ1) is 36.1. The first-order valence-corrected chi connectivity index (χ1v) is 3.00. The van der Waals surface area contributed by atoms with E-state index in [9.17, 15) is 0 Å². The summed E-state index contributed by atoms with van der Waals surface area (Å²) in [6, 6.07) is 0. The minimum atomic E-state index is -3.11. The standard InChI is InChI=1S/Au.3K.2H2O3S/c;;;;2*1-4(2)3/h;;;;2*(H2,1,2,3)/q4*+1;;/p-4. The molecule has 0 atom stereocenters. The van der Waals surface area contributed by atoms with Gasteiger partial charge in [-0.3, -0.25) is 8.42 Å². The summed E-state index contributed by atoms with van der Waals surface area (Å²) in [5, 5.41) is 0. The summed E-state index contributed by atoms with van der Waals surface area (Å²) in [5.74, 6) is 0. The third-order valence-corrected chi connectivity index (χ3v) is 0. The van der Waals surface area contributed by atoms with Crippen molar-refractivity contribution in [1.82, 2.24) is 0 Å². The van der Waals surface area contributed by atoms with Crippen LogP contribution in [0.15, 0.2) is 0 Å². The normalized spacial score (nSPS) is 5.83. The van der Waals surface area contributed by atoms with E-state index in [-0.39, 0.29) is 177 Å². The summed E-state index contributed by atoms with van der Waals surface area (Å²) in [6.45, 7) is 0. The van der Waals surface area contributed by atoms with Gasteiger partial charge in [-0.15, -0.1) is 22.7 Å². The third-order valence-electron chi connectivity index (χ3n) is 0. The molecule has 0 aromatic rings. The molecule has 62 valence electrons. The molecular weight excluding hydrogens is 474 g/mol. The van der Waals surface area contributed by atoms with E-state index in [1.807, 2.05) is 0 Å². The summed E-state index contributed by atoms with van der Waals surface area (Å²) in [4.78, 5) is 0. The first-order valence-electron chi connectivity index (χ1n) is 1.00. The van der Waals surface area contributed by atoms with E-state index in [0.717, 1.165) is 0 Å². The monoisotopic (exact) mass is 474 g/mol. The maximum Gasteiger partial charge on any atom is 1.00 e. The van der Waals surface area contributed by atoms with Crippen molar-refractivity contribution in [1.29, 1.82) is 0 Å². The molecule has 12 heteroatoms. The SMILES string of the molecule is O=S([O-])[O-].O=S([O-])[O-].[Au+].[K+].[K+].[K+]. The first-order chi connectivity index (χ1) is 3.46. The van der Waals surface area contributed by atoms with Crippen LogP contribution >= 0.6 is 0 Å². The van der Waals surface area contributed by atoms with Crippen LogP contribution in [-0.2, 0) is 45.1 Å². The largest absolute Gasteiger partial charge is 1.00 e. The Morgan fingerprint density at radius 3 is 0.667 bits per heavy atom. The molecule has 12 heavy (non-hydrogen) atoms. The molecule has 0 aliphatic heterocycles. The van der Waals surface area contributed by atoms with Crippen LogP contribution < -0.4 is 154 Å². The second kappa shape index (κ2) is 30.1. The summed E-state index contributed by atoms with van der Waals surface area (Å²) >= 11 is -6.22. The van der Waals surface area contributed by atoms with E-state index in [1.165, 1.54) is 0 Å². The zero-order chi connectivity index (χ0) is 7.15. The van der Waals surface area contributed by atoms with Gasteiger partial charge < -0.3 is 18.2 Å². The molecule has 0 radical (unpaired) electrons. The van der Waals surface area contributed by atoms with Gasteiger partial charge in [0.25, 0.3) is 0 Å². The Bertz CT molecular complexity index is 78.8. The summed E-state index contributed by atoms with van der Waals surface area (Å²) in [7, 11) is 0. The fourth-order valence-electron chi connectivity index (χ4n) is 0. The zero-order valence-electron chi connectivity index (χ0n) is 6.57. The van der Waals surface area contributed by atoms with E-state index in [4.69, 9.17) is 26.6 Å². The van der Waals surface area contributed by atoms with Gasteiger partial charge in [0, 0.05) is 0 Å². The van der Waals surface area contributed by atoms with Crippen LogP contribution in [0.25, 0.3) is 0 Å². The molecule has 0 aliphatic carbocycles. The summed E-state index contributed by atoms with van der Waals surface area (Å²) < 4.78 is 50.7. The van der Waals surface area contributed by atoms with Crippen molar-refractivity contribution in [3.63, 3.8) is 0 Å². The van der Waals surface area contributed by atoms with Gasteiger partial charge in [0.2, 0.25) is 0 Å². The van der Waals surface area contributed by atoms with E-state index in [0.29, 0.717) is 0 Å². The van der Waals surface area contributed by atoms with E-state index >= 15 is 0 Å². The van der Waals surface area contributed by atoms with Crippen LogP contribution in [0.3, 0.4) is 0 Å². The van der Waals surface area contributed by atoms with Crippen LogP contribution in [0.4, 0.5) is 0 Å². The Kier molecular flexibility index (Phi) is 90.5. The molecule has 0 saturated heterocycles. The topological polar surface area (TPSA) is 126 Å². The molecule has 6 nitrogen and oxygen atoms in total. The van der Waals surface area contributed by atoms with Crippen molar-refractivity contribution in [2.45, 2.75) is 0 Å². The Balaban J connectivity index is -0.0000000112. The van der Waals surface area contributed by atoms with Gasteiger partial charge >= 0.3 is 177 Å². The van der Waals surface area contributed by atoms with Gasteiger partial charge in [-0.2, -0.15) is 0 Å². The second-order valence-corrected chi connectivity index (χ2v) is 1.22. The van der Waals surface area contributed by atoms with Gasteiger partial charge in [-0.1, -0.05) is 0 Å². The molecule has 0 N–H and O–H groups in total. The fraction of sp³-hybridized carbons (Fsp3) is 0. The van der Waals surface area contributed by atoms with E-state index < -0.39 is 22.7 Å². The average Bonchev–Trinajstić information content (AvgIpc) is 1.25. The Morgan fingerprint density at radius 2 is 0.667 bits per heavy atom. The Labute approximate surface area is 219 Å². The number of rotatable bonds is 0. The Hall–Kier alpha value is 5.79. The molecule has 0 aromatic heterocycles. The fourth-order valence-corrected chi connectivity index (χ4v) is 0. The second-order valence-electron chi connectivity index (χ2n) is 0.408. The zero-order valence-corrected chi connectivity index (χ0v) is 19.7. The Morgan fingerprint density at radius 1 is 0.667 bits per heavy atom. The predicted molar refractivity (Wildman–Crippen MR) is 19.4 cm³/mol. The molecule has 0 spiro atoms. The predicted octanol–water partition coefficient (Wildman–Crippen LogP) is -11.0. The van der Waals surface area contributed by atoms with Gasteiger partial charge in [-0.05, 0) is 0 Å². The summed E-state index contributed by atoms with van der Waals surface area (Å²) in [5.41, 5.74) is 0. The smallest absolute Gasteiger partial charge is 0.784 e. The third kappa shape index (κ3) is 103. The van der Waals surface area contributed by atoms with E-state index in [2.05, 4.69) is 0 Å². The maximum atomic E-state index is 8.44. The van der Waals surface area contributed by atoms with Crippen LogP contribution in [-0.4, -0.2) is 26.6 Å². The molecule has 0 aliphatic rings. The van der Waals surface area contributed by atoms with E-state index in [1.54, 1.807) is 0 Å². The molecular formula is AuK3O6S2.